The zero-order valence-electron chi connectivity index (χ0n) is 19.2. The molecule has 0 saturated heterocycles. The quantitative estimate of drug-likeness (QED) is 0.273. The zero-order valence-corrected chi connectivity index (χ0v) is 21.5. The van der Waals surface area contributed by atoms with Crippen LogP contribution in [0.4, 0.5) is 11.4 Å². The van der Waals surface area contributed by atoms with Crippen LogP contribution in [0.1, 0.15) is 27.2 Å². The van der Waals surface area contributed by atoms with Crippen LogP contribution in [0.5, 0.6) is 0 Å². The van der Waals surface area contributed by atoms with Crippen LogP contribution in [0.2, 0.25) is 5.02 Å². The lowest BCUT2D eigenvalue weighted by atomic mass is 10.1. The molecule has 0 unspecified atom stereocenters. The Labute approximate surface area is 215 Å². The summed E-state index contributed by atoms with van der Waals surface area (Å²) in [6.45, 7) is 5.81. The molecule has 0 saturated carbocycles. The van der Waals surface area contributed by atoms with E-state index in [9.17, 15) is 14.4 Å². The third-order valence-corrected chi connectivity index (χ3v) is 6.44. The van der Waals surface area contributed by atoms with Crippen molar-refractivity contribution in [1.29, 1.82) is 0 Å². The predicted octanol–water partition coefficient (Wildman–Crippen LogP) is 5.94. The number of amides is 3. The van der Waals surface area contributed by atoms with E-state index < -0.39 is 17.7 Å². The monoisotopic (exact) mass is 552 g/mol. The molecule has 0 bridgehead atoms. The molecule has 4 rings (SSSR count). The Morgan fingerprint density at radius 1 is 0.829 bits per heavy atom. The third kappa shape index (κ3) is 5.39. The van der Waals surface area contributed by atoms with Crippen molar-refractivity contribution in [3.8, 4) is 0 Å². The summed E-state index contributed by atoms with van der Waals surface area (Å²) < 4.78 is 2.00. The second kappa shape index (κ2) is 9.93. The molecule has 1 aromatic heterocycles. The van der Waals surface area contributed by atoms with Crippen molar-refractivity contribution >= 4 is 67.5 Å². The summed E-state index contributed by atoms with van der Waals surface area (Å²) in [6, 6.07) is 17.5. The Kier molecular flexibility index (Phi) is 6.95. The van der Waals surface area contributed by atoms with E-state index in [0.717, 1.165) is 16.7 Å². The summed E-state index contributed by atoms with van der Waals surface area (Å²) in [7, 11) is 0. The fourth-order valence-corrected chi connectivity index (χ4v) is 4.31. The molecule has 0 aliphatic heterocycles. The molecule has 7 nitrogen and oxygen atoms in total. The van der Waals surface area contributed by atoms with Crippen molar-refractivity contribution in [3.05, 3.63) is 92.5 Å². The Hall–Kier alpha value is -3.62. The van der Waals surface area contributed by atoms with E-state index >= 15 is 0 Å². The fraction of sp³-hybridized carbons (Fsp3) is 0.115. The van der Waals surface area contributed by atoms with Gasteiger partial charge in [-0.05, 0) is 102 Å². The first-order valence-electron chi connectivity index (χ1n) is 10.7. The summed E-state index contributed by atoms with van der Waals surface area (Å²) in [5.74, 6) is -2.27. The summed E-state index contributed by atoms with van der Waals surface area (Å²) >= 11 is 9.58. The first kappa shape index (κ1) is 24.5. The summed E-state index contributed by atoms with van der Waals surface area (Å²) in [6.07, 6.45) is 0. The van der Waals surface area contributed by atoms with Gasteiger partial charge in [-0.25, -0.2) is 4.68 Å². The Bertz CT molecular complexity index is 1500. The molecule has 3 N–H and O–H groups in total. The molecular weight excluding hydrogens is 532 g/mol. The number of nitrogens with zero attached hydrogens (tertiary/aromatic N) is 1. The Balaban J connectivity index is 1.63. The van der Waals surface area contributed by atoms with E-state index in [2.05, 4.69) is 32.0 Å². The maximum atomic E-state index is 13.2. The van der Waals surface area contributed by atoms with Gasteiger partial charge in [0.1, 0.15) is 5.69 Å². The number of hydrogen-bond acceptors (Lipinski definition) is 3. The normalized spacial score (nSPS) is 10.8. The first-order chi connectivity index (χ1) is 16.6. The van der Waals surface area contributed by atoms with E-state index in [1.165, 1.54) is 4.68 Å². The number of hydrogen-bond donors (Lipinski definition) is 3. The van der Waals surface area contributed by atoms with Gasteiger partial charge in [0.25, 0.3) is 5.91 Å². The summed E-state index contributed by atoms with van der Waals surface area (Å²) in [5.41, 5.74) is 7.32. The van der Waals surface area contributed by atoms with Crippen LogP contribution in [0, 0.1) is 20.8 Å². The zero-order chi connectivity index (χ0) is 25.3. The lowest BCUT2D eigenvalue weighted by molar-refractivity contribution is -0.133. The average Bonchev–Trinajstić information content (AvgIpc) is 3.15. The molecule has 3 aromatic carbocycles. The molecule has 178 valence electrons. The van der Waals surface area contributed by atoms with Gasteiger partial charge in [0.05, 0.1) is 11.2 Å². The van der Waals surface area contributed by atoms with Crippen molar-refractivity contribution in [3.63, 3.8) is 0 Å². The number of rotatable bonds is 4. The minimum Gasteiger partial charge on any atom is -0.320 e. The van der Waals surface area contributed by atoms with Crippen LogP contribution in [-0.4, -0.2) is 22.4 Å². The fourth-order valence-electron chi connectivity index (χ4n) is 3.54. The van der Waals surface area contributed by atoms with Crippen LogP contribution in [0.15, 0.2) is 65.1 Å². The van der Waals surface area contributed by atoms with Gasteiger partial charge in [-0.3, -0.25) is 19.8 Å². The molecule has 0 spiro atoms. The van der Waals surface area contributed by atoms with E-state index in [0.29, 0.717) is 31.8 Å². The van der Waals surface area contributed by atoms with E-state index in [4.69, 9.17) is 11.6 Å². The molecule has 0 atom stereocenters. The van der Waals surface area contributed by atoms with Crippen LogP contribution in [0.25, 0.3) is 10.9 Å². The highest BCUT2D eigenvalue weighted by atomic mass is 79.9. The van der Waals surface area contributed by atoms with Crippen molar-refractivity contribution in [2.75, 3.05) is 16.1 Å². The smallest absolute Gasteiger partial charge is 0.320 e. The standard InChI is InChI=1S/C26H22BrClN4O3/c1-14-4-8-21(20(27)10-14)30-24(33)23-13-17-12-18(28)6-9-22(17)32(23)31-26(35)25(34)29-19-7-5-15(2)16(3)11-19/h4-13H,1-3H3,(H,29,34)(H,30,33)(H,31,35). The lowest BCUT2D eigenvalue weighted by Crippen LogP contribution is -2.36. The Morgan fingerprint density at radius 2 is 1.60 bits per heavy atom. The van der Waals surface area contributed by atoms with Crippen molar-refractivity contribution < 1.29 is 14.4 Å². The van der Waals surface area contributed by atoms with E-state index in [-0.39, 0.29) is 5.69 Å². The molecule has 1 heterocycles. The van der Waals surface area contributed by atoms with Crippen molar-refractivity contribution in [2.45, 2.75) is 20.8 Å². The topological polar surface area (TPSA) is 92.2 Å². The number of benzene rings is 3. The highest BCUT2D eigenvalue weighted by Gasteiger charge is 2.22. The number of aryl methyl sites for hydroxylation is 3. The van der Waals surface area contributed by atoms with Gasteiger partial charge in [-0.2, -0.15) is 0 Å². The molecule has 0 radical (unpaired) electrons. The molecule has 0 aliphatic carbocycles. The maximum Gasteiger partial charge on any atom is 0.328 e. The molecule has 4 aromatic rings. The van der Waals surface area contributed by atoms with Crippen molar-refractivity contribution in [2.24, 2.45) is 0 Å². The van der Waals surface area contributed by atoms with E-state index in [1.807, 2.05) is 39.0 Å². The van der Waals surface area contributed by atoms with Gasteiger partial charge in [0.15, 0.2) is 0 Å². The number of halogens is 2. The number of carbonyl (C=O) groups excluding carboxylic acids is 3. The number of nitrogens with one attached hydrogen (secondary N) is 3. The van der Waals surface area contributed by atoms with Gasteiger partial charge < -0.3 is 10.6 Å². The van der Waals surface area contributed by atoms with Gasteiger partial charge >= 0.3 is 11.8 Å². The molecule has 35 heavy (non-hydrogen) atoms. The minimum atomic E-state index is -0.929. The average molecular weight is 554 g/mol. The number of carbonyl (C=O) groups is 3. The van der Waals surface area contributed by atoms with Gasteiger partial charge in [0, 0.05) is 20.6 Å². The largest absolute Gasteiger partial charge is 0.328 e. The molecule has 9 heteroatoms. The maximum absolute atomic E-state index is 13.2. The highest BCUT2D eigenvalue weighted by Crippen LogP contribution is 2.26. The predicted molar refractivity (Wildman–Crippen MR) is 143 cm³/mol. The number of fused-ring (bicyclic) bond motifs is 1. The van der Waals surface area contributed by atoms with Crippen LogP contribution in [0.3, 0.4) is 0 Å². The highest BCUT2D eigenvalue weighted by molar-refractivity contribution is 9.10. The van der Waals surface area contributed by atoms with E-state index in [1.54, 1.807) is 42.5 Å². The number of aromatic nitrogens is 1. The van der Waals surface area contributed by atoms with Crippen LogP contribution < -0.4 is 16.1 Å². The lowest BCUT2D eigenvalue weighted by Gasteiger charge is -2.14. The SMILES string of the molecule is Cc1ccc(NC(=O)c2cc3cc(Cl)ccc3n2NC(=O)C(=O)Nc2ccc(C)c(C)c2)c(Br)c1. The molecular formula is C26H22BrClN4O3. The molecule has 0 fully saturated rings. The molecule has 0 aliphatic rings. The second-order valence-electron chi connectivity index (χ2n) is 8.20. The van der Waals surface area contributed by atoms with Gasteiger partial charge in [0.2, 0.25) is 0 Å². The van der Waals surface area contributed by atoms with Crippen LogP contribution >= 0.6 is 27.5 Å². The minimum absolute atomic E-state index is 0.127. The van der Waals surface area contributed by atoms with Crippen LogP contribution in [-0.2, 0) is 9.59 Å². The Morgan fingerprint density at radius 3 is 2.31 bits per heavy atom. The second-order valence-corrected chi connectivity index (χ2v) is 9.49. The summed E-state index contributed by atoms with van der Waals surface area (Å²) in [4.78, 5) is 38.6. The molecule has 3 amide bonds. The summed E-state index contributed by atoms with van der Waals surface area (Å²) in [5, 5.41) is 6.52. The first-order valence-corrected chi connectivity index (χ1v) is 11.9. The number of anilines is 2. The van der Waals surface area contributed by atoms with Gasteiger partial charge in [-0.1, -0.05) is 23.7 Å². The van der Waals surface area contributed by atoms with Gasteiger partial charge in [-0.15, -0.1) is 0 Å². The third-order valence-electron chi connectivity index (χ3n) is 5.55. The van der Waals surface area contributed by atoms with Crippen molar-refractivity contribution in [1.82, 2.24) is 4.68 Å².